The van der Waals surface area contributed by atoms with Crippen LogP contribution in [0.2, 0.25) is 0 Å². The third kappa shape index (κ3) is 4.69. The summed E-state index contributed by atoms with van der Waals surface area (Å²) in [5.41, 5.74) is -1.02. The molecule has 150 valence electrons. The van der Waals surface area contributed by atoms with Crippen molar-refractivity contribution in [1.29, 1.82) is 0 Å². The van der Waals surface area contributed by atoms with Crippen LogP contribution >= 0.6 is 0 Å². The van der Waals surface area contributed by atoms with Gasteiger partial charge in [-0.15, -0.1) is 0 Å². The Hall–Kier alpha value is -1.89. The second kappa shape index (κ2) is 8.42. The molecule has 0 saturated carbocycles. The molecule has 0 aliphatic carbocycles. The topological polar surface area (TPSA) is 86.7 Å². The van der Waals surface area contributed by atoms with Crippen LogP contribution in [0.4, 0.5) is 0 Å². The van der Waals surface area contributed by atoms with Gasteiger partial charge in [-0.1, -0.05) is 38.5 Å². The van der Waals surface area contributed by atoms with E-state index >= 15 is 0 Å². The standard InChI is InChI=1S/C20H28O6S/c1-14(2)9-8-12-20(3)16(13-17(21)25-4)18(19(22)26-20)27(23,24)15-10-6-5-7-11-15/h5-7,10-11,14,16,18H,8-9,12-13H2,1-4H3/t16-,18-,20+/m1/s1. The Balaban J connectivity index is 2.39. The molecule has 0 radical (unpaired) electrons. The van der Waals surface area contributed by atoms with Crippen LogP contribution in [0, 0.1) is 11.8 Å². The van der Waals surface area contributed by atoms with E-state index in [1.165, 1.54) is 19.2 Å². The Labute approximate surface area is 161 Å². The zero-order valence-corrected chi connectivity index (χ0v) is 17.1. The van der Waals surface area contributed by atoms with E-state index in [0.29, 0.717) is 12.3 Å². The van der Waals surface area contributed by atoms with Crippen LogP contribution in [0.1, 0.15) is 46.5 Å². The summed E-state index contributed by atoms with van der Waals surface area (Å²) in [4.78, 5) is 24.7. The smallest absolute Gasteiger partial charge is 0.325 e. The minimum absolute atomic E-state index is 0.0493. The lowest BCUT2D eigenvalue weighted by molar-refractivity contribution is -0.151. The number of ether oxygens (including phenoxy) is 2. The molecule has 3 atom stereocenters. The monoisotopic (exact) mass is 396 g/mol. The first-order valence-corrected chi connectivity index (χ1v) is 10.7. The molecule has 27 heavy (non-hydrogen) atoms. The van der Waals surface area contributed by atoms with Crippen molar-refractivity contribution in [2.24, 2.45) is 11.8 Å². The molecule has 1 fully saturated rings. The third-order valence-electron chi connectivity index (χ3n) is 5.19. The maximum atomic E-state index is 13.1. The number of hydrogen-bond acceptors (Lipinski definition) is 6. The fraction of sp³-hybridized carbons (Fsp3) is 0.600. The average molecular weight is 397 g/mol. The van der Waals surface area contributed by atoms with Gasteiger partial charge in [-0.25, -0.2) is 8.42 Å². The van der Waals surface area contributed by atoms with E-state index < -0.39 is 38.5 Å². The highest BCUT2D eigenvalue weighted by molar-refractivity contribution is 7.92. The number of methoxy groups -OCH3 is 1. The van der Waals surface area contributed by atoms with E-state index in [0.717, 1.165) is 12.8 Å². The summed E-state index contributed by atoms with van der Waals surface area (Å²) in [6.07, 6.45) is 2.02. The van der Waals surface area contributed by atoms with Crippen molar-refractivity contribution in [3.8, 4) is 0 Å². The largest absolute Gasteiger partial charge is 0.469 e. The number of benzene rings is 1. The van der Waals surface area contributed by atoms with Gasteiger partial charge in [-0.05, 0) is 37.8 Å². The summed E-state index contributed by atoms with van der Waals surface area (Å²) in [6, 6.07) is 7.81. The first-order chi connectivity index (χ1) is 12.6. The first-order valence-electron chi connectivity index (χ1n) is 9.20. The van der Waals surface area contributed by atoms with Gasteiger partial charge in [0.2, 0.25) is 0 Å². The Morgan fingerprint density at radius 2 is 1.89 bits per heavy atom. The first kappa shape index (κ1) is 21.4. The Kier molecular flexibility index (Phi) is 6.68. The second-order valence-corrected chi connectivity index (χ2v) is 9.75. The van der Waals surface area contributed by atoms with Crippen molar-refractivity contribution in [2.75, 3.05) is 7.11 Å². The highest BCUT2D eigenvalue weighted by Gasteiger charge is 2.58. The van der Waals surface area contributed by atoms with Gasteiger partial charge in [0.05, 0.1) is 18.4 Å². The molecule has 0 unspecified atom stereocenters. The van der Waals surface area contributed by atoms with E-state index in [1.807, 2.05) is 0 Å². The van der Waals surface area contributed by atoms with E-state index in [-0.39, 0.29) is 11.3 Å². The molecule has 1 aromatic carbocycles. The normalized spacial score (nSPS) is 25.4. The van der Waals surface area contributed by atoms with Crippen LogP contribution < -0.4 is 0 Å². The lowest BCUT2D eigenvalue weighted by atomic mass is 9.82. The summed E-state index contributed by atoms with van der Waals surface area (Å²) >= 11 is 0. The zero-order chi connectivity index (χ0) is 20.2. The summed E-state index contributed by atoms with van der Waals surface area (Å²) in [5.74, 6) is -1.66. The molecule has 1 aliphatic heterocycles. The van der Waals surface area contributed by atoms with E-state index in [4.69, 9.17) is 9.47 Å². The molecule has 0 amide bonds. The van der Waals surface area contributed by atoms with Gasteiger partial charge < -0.3 is 9.47 Å². The number of cyclic esters (lactones) is 1. The lowest BCUT2D eigenvalue weighted by Crippen LogP contribution is -2.40. The van der Waals surface area contributed by atoms with Crippen LogP contribution in [0.25, 0.3) is 0 Å². The average Bonchev–Trinajstić information content (AvgIpc) is 2.85. The predicted octanol–water partition coefficient (Wildman–Crippen LogP) is 3.15. The van der Waals surface area contributed by atoms with Crippen LogP contribution in [0.5, 0.6) is 0 Å². The molecule has 7 heteroatoms. The summed E-state index contributed by atoms with van der Waals surface area (Å²) in [5, 5.41) is -1.41. The predicted molar refractivity (Wildman–Crippen MR) is 101 cm³/mol. The van der Waals surface area contributed by atoms with Crippen molar-refractivity contribution >= 4 is 21.8 Å². The van der Waals surface area contributed by atoms with Crippen molar-refractivity contribution in [3.05, 3.63) is 30.3 Å². The molecule has 0 spiro atoms. The molecule has 6 nitrogen and oxygen atoms in total. The van der Waals surface area contributed by atoms with Gasteiger partial charge >= 0.3 is 11.9 Å². The summed E-state index contributed by atoms with van der Waals surface area (Å²) in [7, 11) is -2.74. The Morgan fingerprint density at radius 1 is 1.26 bits per heavy atom. The quantitative estimate of drug-likeness (QED) is 0.628. The van der Waals surface area contributed by atoms with Crippen molar-refractivity contribution in [1.82, 2.24) is 0 Å². The van der Waals surface area contributed by atoms with Gasteiger partial charge in [-0.2, -0.15) is 0 Å². The Morgan fingerprint density at radius 3 is 2.44 bits per heavy atom. The summed E-state index contributed by atoms with van der Waals surface area (Å²) < 4.78 is 36.6. The van der Waals surface area contributed by atoms with Gasteiger partial charge in [0.15, 0.2) is 15.1 Å². The fourth-order valence-corrected chi connectivity index (χ4v) is 5.58. The fourth-order valence-electron chi connectivity index (χ4n) is 3.63. The molecule has 1 aliphatic rings. The highest BCUT2D eigenvalue weighted by Crippen LogP contribution is 2.44. The minimum Gasteiger partial charge on any atom is -0.469 e. The lowest BCUT2D eigenvalue weighted by Gasteiger charge is -2.30. The number of carbonyl (C=O) groups excluding carboxylic acids is 2. The van der Waals surface area contributed by atoms with Crippen molar-refractivity contribution < 1.29 is 27.5 Å². The third-order valence-corrected chi connectivity index (χ3v) is 7.31. The van der Waals surface area contributed by atoms with Gasteiger partial charge in [0.1, 0.15) is 5.60 Å². The van der Waals surface area contributed by atoms with Crippen LogP contribution in [0.15, 0.2) is 35.2 Å². The number of rotatable bonds is 8. The number of esters is 2. The molecule has 0 N–H and O–H groups in total. The number of hydrogen-bond donors (Lipinski definition) is 0. The van der Waals surface area contributed by atoms with Crippen LogP contribution in [0.3, 0.4) is 0 Å². The molecule has 0 bridgehead atoms. The molecule has 2 rings (SSSR count). The van der Waals surface area contributed by atoms with Gasteiger partial charge in [-0.3, -0.25) is 9.59 Å². The molecule has 1 saturated heterocycles. The van der Waals surface area contributed by atoms with Gasteiger partial charge in [0, 0.05) is 5.92 Å². The SMILES string of the molecule is COC(=O)C[C@@H]1[C@@H](S(=O)(=O)c2ccccc2)C(=O)O[C@@]1(C)CCCC(C)C. The molecule has 1 heterocycles. The number of carbonyl (C=O) groups is 2. The molecule has 0 aromatic heterocycles. The number of sulfone groups is 1. The highest BCUT2D eigenvalue weighted by atomic mass is 32.2. The van der Waals surface area contributed by atoms with E-state index in [1.54, 1.807) is 25.1 Å². The van der Waals surface area contributed by atoms with Crippen molar-refractivity contribution in [3.63, 3.8) is 0 Å². The maximum absolute atomic E-state index is 13.1. The maximum Gasteiger partial charge on any atom is 0.325 e. The summed E-state index contributed by atoms with van der Waals surface area (Å²) in [6.45, 7) is 5.91. The second-order valence-electron chi connectivity index (χ2n) is 7.69. The molecular weight excluding hydrogens is 368 g/mol. The van der Waals surface area contributed by atoms with Crippen molar-refractivity contribution in [2.45, 2.75) is 62.2 Å². The Bertz CT molecular complexity index is 771. The van der Waals surface area contributed by atoms with Crippen LogP contribution in [-0.2, 0) is 28.9 Å². The van der Waals surface area contributed by atoms with Gasteiger partial charge in [0.25, 0.3) is 0 Å². The van der Waals surface area contributed by atoms with Crippen LogP contribution in [-0.4, -0.2) is 38.3 Å². The molecular formula is C20H28O6S. The molecule has 1 aromatic rings. The van der Waals surface area contributed by atoms with E-state index in [2.05, 4.69) is 13.8 Å². The minimum atomic E-state index is -3.99. The zero-order valence-electron chi connectivity index (χ0n) is 16.3. The van der Waals surface area contributed by atoms with E-state index in [9.17, 15) is 18.0 Å².